The van der Waals surface area contributed by atoms with Crippen LogP contribution < -0.4 is 5.32 Å². The van der Waals surface area contributed by atoms with Crippen LogP contribution in [-0.2, 0) is 11.2 Å². The first-order valence-corrected chi connectivity index (χ1v) is 6.57. The Balaban J connectivity index is 2.13. The quantitative estimate of drug-likeness (QED) is 0.914. The van der Waals surface area contributed by atoms with Crippen LogP contribution in [0.2, 0.25) is 5.02 Å². The number of hydrogen-bond donors (Lipinski definition) is 1. The minimum atomic E-state index is -0.349. The van der Waals surface area contributed by atoms with Gasteiger partial charge in [0.2, 0.25) is 0 Å². The molecule has 1 aromatic rings. The molecule has 4 heteroatoms. The van der Waals surface area contributed by atoms with Gasteiger partial charge in [0, 0.05) is 16.9 Å². The molecule has 1 aromatic carbocycles. The zero-order valence-corrected chi connectivity index (χ0v) is 11.2. The molecule has 1 aliphatic rings. The predicted molar refractivity (Wildman–Crippen MR) is 70.3 cm³/mol. The van der Waals surface area contributed by atoms with E-state index in [-0.39, 0.29) is 23.4 Å². The molecule has 1 fully saturated rings. The highest BCUT2D eigenvalue weighted by atomic mass is 35.5. The normalized spacial score (nSPS) is 18.6. The van der Waals surface area contributed by atoms with E-state index in [9.17, 15) is 9.18 Å². The maximum Gasteiger partial charge on any atom is 0.143 e. The molecular weight excluding hydrogens is 253 g/mol. The number of Topliss-reactive ketones (excluding diaryl/α,β-unsaturated/α-hetero) is 1. The zero-order valence-electron chi connectivity index (χ0n) is 10.4. The third kappa shape index (κ3) is 2.90. The molecule has 0 radical (unpaired) electrons. The predicted octanol–water partition coefficient (Wildman–Crippen LogP) is 2.98. The van der Waals surface area contributed by atoms with Gasteiger partial charge in [-0.3, -0.25) is 4.79 Å². The fraction of sp³-hybridized carbons (Fsp3) is 0.500. The molecule has 0 aromatic heterocycles. The Hall–Kier alpha value is -0.930. The molecule has 1 aliphatic heterocycles. The molecule has 0 amide bonds. The molecular formula is C14H17ClFNO. The minimum absolute atomic E-state index is 0.150. The lowest BCUT2D eigenvalue weighted by atomic mass is 9.75. The number of halogens is 2. The SMILES string of the molecule is CC1(C(=O)Cc2cc(F)ccc2Cl)CCNCC1. The number of rotatable bonds is 3. The number of carbonyl (C=O) groups is 1. The van der Waals surface area contributed by atoms with Gasteiger partial charge in [0.25, 0.3) is 0 Å². The Morgan fingerprint density at radius 2 is 2.11 bits per heavy atom. The average molecular weight is 270 g/mol. The molecule has 0 atom stereocenters. The summed E-state index contributed by atoms with van der Waals surface area (Å²) in [7, 11) is 0. The lowest BCUT2D eigenvalue weighted by Gasteiger charge is -2.32. The van der Waals surface area contributed by atoms with E-state index in [2.05, 4.69) is 5.32 Å². The summed E-state index contributed by atoms with van der Waals surface area (Å²) < 4.78 is 13.2. The molecule has 18 heavy (non-hydrogen) atoms. The molecule has 2 nitrogen and oxygen atoms in total. The van der Waals surface area contributed by atoms with Crippen molar-refractivity contribution < 1.29 is 9.18 Å². The summed E-state index contributed by atoms with van der Waals surface area (Å²) in [4.78, 5) is 12.3. The Morgan fingerprint density at radius 3 is 2.78 bits per heavy atom. The number of carbonyl (C=O) groups excluding carboxylic acids is 1. The van der Waals surface area contributed by atoms with E-state index in [0.29, 0.717) is 10.6 Å². The van der Waals surface area contributed by atoms with E-state index in [4.69, 9.17) is 11.6 Å². The van der Waals surface area contributed by atoms with E-state index in [1.165, 1.54) is 18.2 Å². The van der Waals surface area contributed by atoms with Gasteiger partial charge in [-0.05, 0) is 49.7 Å². The zero-order chi connectivity index (χ0) is 13.2. The van der Waals surface area contributed by atoms with E-state index < -0.39 is 0 Å². The van der Waals surface area contributed by atoms with Crippen molar-refractivity contribution in [2.24, 2.45) is 5.41 Å². The summed E-state index contributed by atoms with van der Waals surface area (Å²) in [5.74, 6) is -0.200. The maximum atomic E-state index is 13.2. The summed E-state index contributed by atoms with van der Waals surface area (Å²) in [6.07, 6.45) is 1.88. The number of hydrogen-bond acceptors (Lipinski definition) is 2. The molecule has 1 saturated heterocycles. The molecule has 0 saturated carbocycles. The van der Waals surface area contributed by atoms with Gasteiger partial charge in [-0.2, -0.15) is 0 Å². The lowest BCUT2D eigenvalue weighted by Crippen LogP contribution is -2.40. The van der Waals surface area contributed by atoms with Gasteiger partial charge in [-0.25, -0.2) is 4.39 Å². The van der Waals surface area contributed by atoms with Crippen molar-refractivity contribution in [1.82, 2.24) is 5.32 Å². The van der Waals surface area contributed by atoms with Crippen LogP contribution in [-0.4, -0.2) is 18.9 Å². The largest absolute Gasteiger partial charge is 0.317 e. The van der Waals surface area contributed by atoms with Gasteiger partial charge in [0.15, 0.2) is 0 Å². The van der Waals surface area contributed by atoms with Crippen molar-refractivity contribution >= 4 is 17.4 Å². The van der Waals surface area contributed by atoms with Crippen molar-refractivity contribution in [3.8, 4) is 0 Å². The standard InChI is InChI=1S/C14H17ClFNO/c1-14(4-6-17-7-5-14)13(18)9-10-8-11(16)2-3-12(10)15/h2-3,8,17H,4-7,9H2,1H3. The third-order valence-corrected chi connectivity index (χ3v) is 4.11. The van der Waals surface area contributed by atoms with Crippen LogP contribution in [0.5, 0.6) is 0 Å². The third-order valence-electron chi connectivity index (χ3n) is 3.74. The van der Waals surface area contributed by atoms with Gasteiger partial charge >= 0.3 is 0 Å². The van der Waals surface area contributed by atoms with Crippen LogP contribution in [0.3, 0.4) is 0 Å². The van der Waals surface area contributed by atoms with Gasteiger partial charge in [-0.15, -0.1) is 0 Å². The van der Waals surface area contributed by atoms with Crippen molar-refractivity contribution in [2.45, 2.75) is 26.2 Å². The second-order valence-electron chi connectivity index (χ2n) is 5.15. The fourth-order valence-electron chi connectivity index (χ4n) is 2.32. The summed E-state index contributed by atoms with van der Waals surface area (Å²) in [6, 6.07) is 4.16. The van der Waals surface area contributed by atoms with Crippen molar-refractivity contribution in [2.75, 3.05) is 13.1 Å². The van der Waals surface area contributed by atoms with Crippen LogP contribution >= 0.6 is 11.6 Å². The van der Waals surface area contributed by atoms with Crippen LogP contribution in [0.25, 0.3) is 0 Å². The molecule has 0 aliphatic carbocycles. The van der Waals surface area contributed by atoms with Gasteiger partial charge in [-0.1, -0.05) is 18.5 Å². The minimum Gasteiger partial charge on any atom is -0.317 e. The van der Waals surface area contributed by atoms with Crippen molar-refractivity contribution in [1.29, 1.82) is 0 Å². The molecule has 0 unspecified atom stereocenters. The Bertz CT molecular complexity index is 455. The first kappa shape index (κ1) is 13.5. The number of ketones is 1. The molecule has 98 valence electrons. The monoisotopic (exact) mass is 269 g/mol. The Kier molecular flexibility index (Phi) is 4.03. The lowest BCUT2D eigenvalue weighted by molar-refractivity contribution is -0.128. The van der Waals surface area contributed by atoms with Gasteiger partial charge in [0.1, 0.15) is 11.6 Å². The van der Waals surface area contributed by atoms with Gasteiger partial charge < -0.3 is 5.32 Å². The summed E-state index contributed by atoms with van der Waals surface area (Å²) in [6.45, 7) is 3.71. The highest BCUT2D eigenvalue weighted by Crippen LogP contribution is 2.31. The average Bonchev–Trinajstić information content (AvgIpc) is 2.35. The number of piperidine rings is 1. The topological polar surface area (TPSA) is 29.1 Å². The van der Waals surface area contributed by atoms with Crippen LogP contribution in [0.1, 0.15) is 25.3 Å². The molecule has 2 rings (SSSR count). The van der Waals surface area contributed by atoms with Crippen molar-refractivity contribution in [3.63, 3.8) is 0 Å². The van der Waals surface area contributed by atoms with E-state index in [1.54, 1.807) is 0 Å². The highest BCUT2D eigenvalue weighted by molar-refractivity contribution is 6.31. The second-order valence-corrected chi connectivity index (χ2v) is 5.55. The Morgan fingerprint density at radius 1 is 1.44 bits per heavy atom. The van der Waals surface area contributed by atoms with E-state index >= 15 is 0 Å². The molecule has 0 spiro atoms. The Labute approximate surface area is 112 Å². The van der Waals surface area contributed by atoms with Crippen LogP contribution in [0.4, 0.5) is 4.39 Å². The van der Waals surface area contributed by atoms with E-state index in [1.807, 2.05) is 6.92 Å². The maximum absolute atomic E-state index is 13.2. The molecule has 1 heterocycles. The number of benzene rings is 1. The number of nitrogens with one attached hydrogen (secondary N) is 1. The molecule has 1 N–H and O–H groups in total. The summed E-state index contributed by atoms with van der Waals surface area (Å²) in [5, 5.41) is 3.70. The van der Waals surface area contributed by atoms with Gasteiger partial charge in [0.05, 0.1) is 0 Å². The highest BCUT2D eigenvalue weighted by Gasteiger charge is 2.34. The summed E-state index contributed by atoms with van der Waals surface area (Å²) >= 11 is 5.99. The smallest absolute Gasteiger partial charge is 0.143 e. The molecule has 0 bridgehead atoms. The fourth-order valence-corrected chi connectivity index (χ4v) is 2.51. The van der Waals surface area contributed by atoms with Crippen LogP contribution in [0, 0.1) is 11.2 Å². The van der Waals surface area contributed by atoms with E-state index in [0.717, 1.165) is 25.9 Å². The second kappa shape index (κ2) is 5.37. The van der Waals surface area contributed by atoms with Crippen LogP contribution in [0.15, 0.2) is 18.2 Å². The van der Waals surface area contributed by atoms with Crippen molar-refractivity contribution in [3.05, 3.63) is 34.6 Å². The first-order valence-electron chi connectivity index (χ1n) is 6.19. The first-order chi connectivity index (χ1) is 8.51. The summed E-state index contributed by atoms with van der Waals surface area (Å²) in [5.41, 5.74) is 0.280.